The van der Waals surface area contributed by atoms with Crippen LogP contribution in [0.3, 0.4) is 0 Å². The van der Waals surface area contributed by atoms with E-state index in [0.717, 1.165) is 11.1 Å². The van der Waals surface area contributed by atoms with Crippen molar-refractivity contribution in [1.82, 2.24) is 15.3 Å². The molecule has 1 aromatic heterocycles. The van der Waals surface area contributed by atoms with Gasteiger partial charge in [0.25, 0.3) is 0 Å². The molecule has 0 radical (unpaired) electrons. The molecule has 0 saturated carbocycles. The second-order valence-electron chi connectivity index (χ2n) is 4.68. The largest absolute Gasteiger partial charge is 0.481 e. The van der Waals surface area contributed by atoms with E-state index < -0.39 is 0 Å². The van der Waals surface area contributed by atoms with Crippen LogP contribution in [0.5, 0.6) is 5.88 Å². The summed E-state index contributed by atoms with van der Waals surface area (Å²) in [6, 6.07) is 4.86. The van der Waals surface area contributed by atoms with Gasteiger partial charge in [0.2, 0.25) is 5.88 Å². The molecule has 1 aromatic carbocycles. The Morgan fingerprint density at radius 1 is 1.20 bits per heavy atom. The lowest BCUT2D eigenvalue weighted by atomic mass is 9.96. The summed E-state index contributed by atoms with van der Waals surface area (Å²) in [5, 5.41) is 3.10. The molecule has 1 atom stereocenters. The zero-order valence-electron chi connectivity index (χ0n) is 12.1. The highest BCUT2D eigenvalue weighted by atomic mass is 19.1. The zero-order chi connectivity index (χ0) is 14.7. The Hall–Kier alpha value is -2.01. The van der Waals surface area contributed by atoms with E-state index in [4.69, 9.17) is 4.74 Å². The third kappa shape index (κ3) is 2.77. The highest BCUT2D eigenvalue weighted by molar-refractivity contribution is 5.38. The number of benzene rings is 1. The first-order valence-electron chi connectivity index (χ1n) is 6.36. The molecule has 0 spiro atoms. The van der Waals surface area contributed by atoms with Gasteiger partial charge in [0.05, 0.1) is 18.8 Å². The average molecular weight is 275 g/mol. The summed E-state index contributed by atoms with van der Waals surface area (Å²) in [5.41, 5.74) is 3.06. The van der Waals surface area contributed by atoms with Crippen molar-refractivity contribution in [2.45, 2.75) is 19.9 Å². The molecule has 2 rings (SSSR count). The average Bonchev–Trinajstić information content (AvgIpc) is 2.42. The normalized spacial score (nSPS) is 12.2. The van der Waals surface area contributed by atoms with Gasteiger partial charge in [-0.05, 0) is 38.1 Å². The Morgan fingerprint density at radius 2 is 1.95 bits per heavy atom. The molecule has 1 N–H and O–H groups in total. The summed E-state index contributed by atoms with van der Waals surface area (Å²) in [7, 11) is 3.32. The first kappa shape index (κ1) is 14.4. The fourth-order valence-electron chi connectivity index (χ4n) is 2.36. The summed E-state index contributed by atoms with van der Waals surface area (Å²) in [6.45, 7) is 3.77. The van der Waals surface area contributed by atoms with Crippen molar-refractivity contribution in [3.63, 3.8) is 0 Å². The fraction of sp³-hybridized carbons (Fsp3) is 0.333. The van der Waals surface area contributed by atoms with E-state index in [-0.39, 0.29) is 11.9 Å². The quantitative estimate of drug-likeness (QED) is 0.931. The van der Waals surface area contributed by atoms with Gasteiger partial charge in [-0.15, -0.1) is 0 Å². The molecule has 20 heavy (non-hydrogen) atoms. The van der Waals surface area contributed by atoms with E-state index in [1.54, 1.807) is 13.1 Å². The minimum Gasteiger partial charge on any atom is -0.481 e. The van der Waals surface area contributed by atoms with Crippen LogP contribution in [-0.4, -0.2) is 24.1 Å². The lowest BCUT2D eigenvalue weighted by Crippen LogP contribution is -2.21. The molecule has 0 saturated heterocycles. The van der Waals surface area contributed by atoms with Gasteiger partial charge in [0, 0.05) is 11.6 Å². The number of hydrogen-bond donors (Lipinski definition) is 1. The van der Waals surface area contributed by atoms with Crippen LogP contribution in [0, 0.1) is 19.7 Å². The van der Waals surface area contributed by atoms with E-state index in [9.17, 15) is 4.39 Å². The Balaban J connectivity index is 2.52. The number of methoxy groups -OCH3 is 1. The number of ether oxygens (including phenoxy) is 1. The van der Waals surface area contributed by atoms with Crippen molar-refractivity contribution in [2.24, 2.45) is 0 Å². The van der Waals surface area contributed by atoms with Crippen molar-refractivity contribution in [3.8, 4) is 5.88 Å². The highest BCUT2D eigenvalue weighted by Crippen LogP contribution is 2.28. The Labute approximate surface area is 118 Å². The lowest BCUT2D eigenvalue weighted by Gasteiger charge is -2.20. The smallest absolute Gasteiger partial charge is 0.216 e. The van der Waals surface area contributed by atoms with Gasteiger partial charge in [0.1, 0.15) is 12.1 Å². The maximum atomic E-state index is 14.3. The van der Waals surface area contributed by atoms with Crippen molar-refractivity contribution in [3.05, 3.63) is 52.7 Å². The SMILES string of the molecule is CNC(c1cc(OC)ncn1)c1c(C)cc(C)cc1F. The van der Waals surface area contributed by atoms with Crippen molar-refractivity contribution in [2.75, 3.05) is 14.2 Å². The number of nitrogens with one attached hydrogen (secondary N) is 1. The number of nitrogens with zero attached hydrogens (tertiary/aromatic N) is 2. The summed E-state index contributed by atoms with van der Waals surface area (Å²) in [6.07, 6.45) is 1.42. The standard InChI is InChI=1S/C15H18FN3O/c1-9-5-10(2)14(11(16)6-9)15(17-3)12-7-13(20-4)19-8-18-12/h5-8,15,17H,1-4H3. The van der Waals surface area contributed by atoms with Crippen LogP contribution < -0.4 is 10.1 Å². The monoisotopic (exact) mass is 275 g/mol. The highest BCUT2D eigenvalue weighted by Gasteiger charge is 2.20. The van der Waals surface area contributed by atoms with Crippen LogP contribution in [-0.2, 0) is 0 Å². The number of halogens is 1. The van der Waals surface area contributed by atoms with Crippen LogP contribution in [0.25, 0.3) is 0 Å². The van der Waals surface area contributed by atoms with Crippen LogP contribution >= 0.6 is 0 Å². The second-order valence-corrected chi connectivity index (χ2v) is 4.68. The minimum atomic E-state index is -0.340. The zero-order valence-corrected chi connectivity index (χ0v) is 12.1. The molecule has 0 fully saturated rings. The molecular formula is C15H18FN3O. The Kier molecular flexibility index (Phi) is 4.29. The number of hydrogen-bond acceptors (Lipinski definition) is 4. The Bertz CT molecular complexity index is 593. The molecule has 5 heteroatoms. The van der Waals surface area contributed by atoms with Crippen LogP contribution in [0.1, 0.15) is 28.4 Å². The van der Waals surface area contributed by atoms with Crippen molar-refractivity contribution >= 4 is 0 Å². The number of rotatable bonds is 4. The molecule has 4 nitrogen and oxygen atoms in total. The van der Waals surface area contributed by atoms with Gasteiger partial charge < -0.3 is 10.1 Å². The second kappa shape index (κ2) is 5.96. The van der Waals surface area contributed by atoms with Crippen LogP contribution in [0.15, 0.2) is 24.5 Å². The van der Waals surface area contributed by atoms with E-state index in [1.807, 2.05) is 19.9 Å². The molecule has 0 aliphatic rings. The molecule has 0 bridgehead atoms. The van der Waals surface area contributed by atoms with E-state index in [2.05, 4.69) is 15.3 Å². The maximum Gasteiger partial charge on any atom is 0.216 e. The van der Waals surface area contributed by atoms with Crippen LogP contribution in [0.2, 0.25) is 0 Å². The summed E-state index contributed by atoms with van der Waals surface area (Å²) < 4.78 is 19.4. The maximum absolute atomic E-state index is 14.3. The molecule has 1 heterocycles. The first-order valence-corrected chi connectivity index (χ1v) is 6.36. The predicted octanol–water partition coefficient (Wildman–Crippen LogP) is 2.55. The van der Waals surface area contributed by atoms with E-state index in [0.29, 0.717) is 17.1 Å². The van der Waals surface area contributed by atoms with Gasteiger partial charge in [-0.1, -0.05) is 6.07 Å². The molecule has 1 unspecified atom stereocenters. The van der Waals surface area contributed by atoms with Gasteiger partial charge in [-0.3, -0.25) is 0 Å². The van der Waals surface area contributed by atoms with Gasteiger partial charge in [-0.25, -0.2) is 14.4 Å². The molecule has 106 valence electrons. The molecule has 0 aliphatic heterocycles. The third-order valence-corrected chi connectivity index (χ3v) is 3.23. The minimum absolute atomic E-state index is 0.237. The topological polar surface area (TPSA) is 47.0 Å². The predicted molar refractivity (Wildman–Crippen MR) is 75.4 cm³/mol. The summed E-state index contributed by atoms with van der Waals surface area (Å²) in [5.74, 6) is 0.222. The third-order valence-electron chi connectivity index (χ3n) is 3.23. The van der Waals surface area contributed by atoms with E-state index >= 15 is 0 Å². The van der Waals surface area contributed by atoms with Crippen molar-refractivity contribution < 1.29 is 9.13 Å². The van der Waals surface area contributed by atoms with Gasteiger partial charge in [-0.2, -0.15) is 0 Å². The first-order chi connectivity index (χ1) is 9.56. The summed E-state index contributed by atoms with van der Waals surface area (Å²) >= 11 is 0. The van der Waals surface area contributed by atoms with Gasteiger partial charge >= 0.3 is 0 Å². The fourth-order valence-corrected chi connectivity index (χ4v) is 2.36. The molecule has 0 amide bonds. The van der Waals surface area contributed by atoms with E-state index in [1.165, 1.54) is 19.5 Å². The number of aromatic nitrogens is 2. The van der Waals surface area contributed by atoms with Gasteiger partial charge in [0.15, 0.2) is 0 Å². The lowest BCUT2D eigenvalue weighted by molar-refractivity contribution is 0.395. The van der Waals surface area contributed by atoms with Crippen molar-refractivity contribution in [1.29, 1.82) is 0 Å². The molecule has 2 aromatic rings. The molecular weight excluding hydrogens is 257 g/mol. The number of aryl methyl sites for hydroxylation is 2. The molecule has 0 aliphatic carbocycles. The Morgan fingerprint density at radius 3 is 2.55 bits per heavy atom. The van der Waals surface area contributed by atoms with Crippen LogP contribution in [0.4, 0.5) is 4.39 Å². The summed E-state index contributed by atoms with van der Waals surface area (Å²) in [4.78, 5) is 8.19.